The van der Waals surface area contributed by atoms with Crippen LogP contribution >= 0.6 is 12.2 Å². The van der Waals surface area contributed by atoms with E-state index in [0.717, 1.165) is 36.2 Å². The summed E-state index contributed by atoms with van der Waals surface area (Å²) in [4.78, 5) is 23.3. The third kappa shape index (κ3) is 6.78. The Bertz CT molecular complexity index is 573. The topological polar surface area (TPSA) is 70.2 Å². The summed E-state index contributed by atoms with van der Waals surface area (Å²) in [7, 11) is 0. The molecule has 0 aromatic heterocycles. The van der Waals surface area contributed by atoms with Gasteiger partial charge in [-0.2, -0.15) is 0 Å². The number of benzene rings is 1. The van der Waals surface area contributed by atoms with Gasteiger partial charge in [-0.25, -0.2) is 0 Å². The van der Waals surface area contributed by atoms with E-state index in [1.165, 1.54) is 0 Å². The van der Waals surface area contributed by atoms with Gasteiger partial charge in [0.2, 0.25) is 11.8 Å². The molecular weight excluding hydrogens is 310 g/mol. The van der Waals surface area contributed by atoms with E-state index in [1.807, 2.05) is 25.1 Å². The third-order valence-electron chi connectivity index (χ3n) is 3.44. The van der Waals surface area contributed by atoms with Crippen molar-refractivity contribution in [3.05, 3.63) is 23.8 Å². The van der Waals surface area contributed by atoms with E-state index in [9.17, 15) is 9.59 Å². The van der Waals surface area contributed by atoms with E-state index >= 15 is 0 Å². The molecule has 3 N–H and O–H groups in total. The molecule has 5 nitrogen and oxygen atoms in total. The summed E-state index contributed by atoms with van der Waals surface area (Å²) in [5.41, 5.74) is 2.37. The Morgan fingerprint density at radius 3 is 2.30 bits per heavy atom. The molecule has 0 atom stereocenters. The van der Waals surface area contributed by atoms with Gasteiger partial charge >= 0.3 is 0 Å². The summed E-state index contributed by atoms with van der Waals surface area (Å²) in [5.74, 6) is -0.124. The minimum Gasteiger partial charge on any atom is -0.332 e. The van der Waals surface area contributed by atoms with Crippen LogP contribution in [0.4, 0.5) is 11.4 Å². The first kappa shape index (κ1) is 19.1. The predicted molar refractivity (Wildman–Crippen MR) is 98.6 cm³/mol. The lowest BCUT2D eigenvalue weighted by Crippen LogP contribution is -2.34. The number of hydrogen-bond donors (Lipinski definition) is 3. The number of rotatable bonds is 7. The van der Waals surface area contributed by atoms with Gasteiger partial charge in [0.1, 0.15) is 0 Å². The molecule has 0 aliphatic heterocycles. The van der Waals surface area contributed by atoms with Gasteiger partial charge in [-0.3, -0.25) is 9.59 Å². The Balaban J connectivity index is 2.62. The molecule has 2 amide bonds. The van der Waals surface area contributed by atoms with Crippen LogP contribution in [0.2, 0.25) is 0 Å². The molecule has 126 valence electrons. The van der Waals surface area contributed by atoms with Crippen molar-refractivity contribution < 1.29 is 9.59 Å². The second kappa shape index (κ2) is 9.94. The van der Waals surface area contributed by atoms with Crippen LogP contribution in [0.1, 0.15) is 51.5 Å². The molecule has 6 heteroatoms. The highest BCUT2D eigenvalue weighted by atomic mass is 32.1. The zero-order valence-corrected chi connectivity index (χ0v) is 14.8. The summed E-state index contributed by atoms with van der Waals surface area (Å²) in [5, 5.41) is 8.80. The first-order valence-electron chi connectivity index (χ1n) is 7.98. The van der Waals surface area contributed by atoms with Crippen molar-refractivity contribution in [2.75, 3.05) is 10.6 Å². The maximum atomic E-state index is 11.8. The zero-order chi connectivity index (χ0) is 17.2. The predicted octanol–water partition coefficient (Wildman–Crippen LogP) is 3.74. The van der Waals surface area contributed by atoms with Crippen molar-refractivity contribution in [1.82, 2.24) is 5.32 Å². The van der Waals surface area contributed by atoms with Gasteiger partial charge in [-0.1, -0.05) is 32.8 Å². The standard InChI is InChI=1S/C17H25N3O2S/c1-4-6-7-11-16(22)20-17(23)19-14-10-8-9-13(12(14)3)18-15(21)5-2/h8-10H,4-7,11H2,1-3H3,(H,18,21)(H2,19,20,22,23). The molecule has 0 spiro atoms. The molecule has 0 saturated heterocycles. The first-order valence-corrected chi connectivity index (χ1v) is 8.39. The van der Waals surface area contributed by atoms with Crippen molar-refractivity contribution in [2.24, 2.45) is 0 Å². The van der Waals surface area contributed by atoms with Crippen LogP contribution < -0.4 is 16.0 Å². The average Bonchev–Trinajstić information content (AvgIpc) is 2.51. The van der Waals surface area contributed by atoms with Gasteiger partial charge < -0.3 is 16.0 Å². The molecule has 0 aliphatic rings. The van der Waals surface area contributed by atoms with Gasteiger partial charge in [-0.05, 0) is 43.3 Å². The summed E-state index contributed by atoms with van der Waals surface area (Å²) in [6.45, 7) is 5.78. The van der Waals surface area contributed by atoms with E-state index < -0.39 is 0 Å². The molecule has 1 aromatic rings. The molecule has 0 aliphatic carbocycles. The van der Waals surface area contributed by atoms with Gasteiger partial charge in [0.25, 0.3) is 0 Å². The van der Waals surface area contributed by atoms with E-state index in [1.54, 1.807) is 6.92 Å². The molecule has 0 radical (unpaired) electrons. The lowest BCUT2D eigenvalue weighted by molar-refractivity contribution is -0.119. The van der Waals surface area contributed by atoms with Crippen LogP contribution in [0.3, 0.4) is 0 Å². The van der Waals surface area contributed by atoms with Crippen molar-refractivity contribution >= 4 is 40.5 Å². The lowest BCUT2D eigenvalue weighted by Gasteiger charge is -2.15. The van der Waals surface area contributed by atoms with Crippen molar-refractivity contribution in [3.8, 4) is 0 Å². The van der Waals surface area contributed by atoms with E-state index in [4.69, 9.17) is 12.2 Å². The monoisotopic (exact) mass is 335 g/mol. The van der Waals surface area contributed by atoms with Gasteiger partial charge in [0.05, 0.1) is 0 Å². The maximum Gasteiger partial charge on any atom is 0.226 e. The molecule has 0 fully saturated rings. The number of unbranched alkanes of at least 4 members (excludes halogenated alkanes) is 2. The van der Waals surface area contributed by atoms with Crippen LogP contribution in [0.5, 0.6) is 0 Å². The smallest absolute Gasteiger partial charge is 0.226 e. The highest BCUT2D eigenvalue weighted by molar-refractivity contribution is 7.80. The summed E-state index contributed by atoms with van der Waals surface area (Å²) in [6, 6.07) is 5.51. The fourth-order valence-electron chi connectivity index (χ4n) is 2.02. The Morgan fingerprint density at radius 2 is 1.70 bits per heavy atom. The Hall–Kier alpha value is -1.95. The molecule has 1 aromatic carbocycles. The van der Waals surface area contributed by atoms with Crippen LogP contribution in [0, 0.1) is 6.92 Å². The normalized spacial score (nSPS) is 10.0. The van der Waals surface area contributed by atoms with Crippen molar-refractivity contribution in [3.63, 3.8) is 0 Å². The third-order valence-corrected chi connectivity index (χ3v) is 3.64. The number of hydrogen-bond acceptors (Lipinski definition) is 3. The van der Waals surface area contributed by atoms with Gasteiger partial charge in [0.15, 0.2) is 5.11 Å². The highest BCUT2D eigenvalue weighted by Crippen LogP contribution is 2.23. The Kier molecular flexibility index (Phi) is 8.26. The van der Waals surface area contributed by atoms with E-state index in [2.05, 4.69) is 22.9 Å². The summed E-state index contributed by atoms with van der Waals surface area (Å²) in [6.07, 6.45) is 3.87. The highest BCUT2D eigenvalue weighted by Gasteiger charge is 2.09. The number of carbonyl (C=O) groups is 2. The first-order chi connectivity index (χ1) is 11.0. The second-order valence-corrected chi connectivity index (χ2v) is 5.75. The van der Waals surface area contributed by atoms with Crippen LogP contribution in [0.15, 0.2) is 18.2 Å². The number of nitrogens with one attached hydrogen (secondary N) is 3. The van der Waals surface area contributed by atoms with Crippen LogP contribution in [-0.4, -0.2) is 16.9 Å². The largest absolute Gasteiger partial charge is 0.332 e. The Morgan fingerprint density at radius 1 is 1.04 bits per heavy atom. The quantitative estimate of drug-likeness (QED) is 0.524. The molecular formula is C17H25N3O2S. The molecule has 0 unspecified atom stereocenters. The fourth-order valence-corrected chi connectivity index (χ4v) is 2.25. The minimum absolute atomic E-state index is 0.0444. The molecule has 0 saturated carbocycles. The molecule has 1 rings (SSSR count). The van der Waals surface area contributed by atoms with E-state index in [-0.39, 0.29) is 16.9 Å². The summed E-state index contributed by atoms with van der Waals surface area (Å²) >= 11 is 5.17. The number of thiocarbonyl (C=S) groups is 1. The van der Waals surface area contributed by atoms with Crippen LogP contribution in [0.25, 0.3) is 0 Å². The molecule has 0 heterocycles. The SMILES string of the molecule is CCCCCC(=O)NC(=S)Nc1cccc(NC(=O)CC)c1C. The van der Waals surface area contributed by atoms with Crippen molar-refractivity contribution in [2.45, 2.75) is 52.9 Å². The minimum atomic E-state index is -0.0796. The average molecular weight is 335 g/mol. The van der Waals surface area contributed by atoms with Gasteiger partial charge in [0, 0.05) is 24.2 Å². The second-order valence-electron chi connectivity index (χ2n) is 5.34. The Labute approximate surface area is 143 Å². The maximum absolute atomic E-state index is 11.8. The number of anilines is 2. The van der Waals surface area contributed by atoms with Crippen molar-refractivity contribution in [1.29, 1.82) is 0 Å². The zero-order valence-electron chi connectivity index (χ0n) is 14.0. The summed E-state index contributed by atoms with van der Waals surface area (Å²) < 4.78 is 0. The molecule has 0 bridgehead atoms. The lowest BCUT2D eigenvalue weighted by atomic mass is 10.1. The fraction of sp³-hybridized carbons (Fsp3) is 0.471. The van der Waals surface area contributed by atoms with Crippen LogP contribution in [-0.2, 0) is 9.59 Å². The van der Waals surface area contributed by atoms with Gasteiger partial charge in [-0.15, -0.1) is 0 Å². The molecule has 23 heavy (non-hydrogen) atoms. The number of carbonyl (C=O) groups excluding carboxylic acids is 2. The number of amides is 2. The van der Waals surface area contributed by atoms with E-state index in [0.29, 0.717) is 12.8 Å².